The van der Waals surface area contributed by atoms with Crippen LogP contribution in [-0.2, 0) is 6.54 Å². The SMILES string of the molecule is CC1CCN(Cc2ccccc2)CC(O)C1N. The zero-order chi connectivity index (χ0) is 12.3. The Morgan fingerprint density at radius 1 is 1.35 bits per heavy atom. The molecule has 3 heteroatoms. The molecular weight excluding hydrogens is 212 g/mol. The van der Waals surface area contributed by atoms with Gasteiger partial charge >= 0.3 is 0 Å². The molecule has 0 spiro atoms. The minimum absolute atomic E-state index is 0.0872. The van der Waals surface area contributed by atoms with E-state index in [1.165, 1.54) is 5.56 Å². The van der Waals surface area contributed by atoms with Crippen LogP contribution in [0, 0.1) is 5.92 Å². The molecule has 17 heavy (non-hydrogen) atoms. The van der Waals surface area contributed by atoms with Crippen molar-refractivity contribution in [1.82, 2.24) is 4.90 Å². The van der Waals surface area contributed by atoms with Crippen molar-refractivity contribution in [3.05, 3.63) is 35.9 Å². The van der Waals surface area contributed by atoms with E-state index < -0.39 is 6.10 Å². The Kier molecular flexibility index (Phi) is 4.15. The van der Waals surface area contributed by atoms with Gasteiger partial charge in [0.1, 0.15) is 0 Å². The topological polar surface area (TPSA) is 49.5 Å². The van der Waals surface area contributed by atoms with Gasteiger partial charge in [0.2, 0.25) is 0 Å². The molecule has 1 aromatic carbocycles. The van der Waals surface area contributed by atoms with Crippen molar-refractivity contribution in [1.29, 1.82) is 0 Å². The fraction of sp³-hybridized carbons (Fsp3) is 0.571. The van der Waals surface area contributed by atoms with Crippen LogP contribution in [0.2, 0.25) is 0 Å². The van der Waals surface area contributed by atoms with Gasteiger partial charge in [-0.1, -0.05) is 37.3 Å². The largest absolute Gasteiger partial charge is 0.390 e. The van der Waals surface area contributed by atoms with Gasteiger partial charge < -0.3 is 10.8 Å². The average molecular weight is 234 g/mol. The lowest BCUT2D eigenvalue weighted by atomic mass is 9.96. The van der Waals surface area contributed by atoms with Crippen LogP contribution in [0.5, 0.6) is 0 Å². The third-order valence-corrected chi connectivity index (χ3v) is 3.70. The van der Waals surface area contributed by atoms with Gasteiger partial charge in [0.15, 0.2) is 0 Å². The zero-order valence-electron chi connectivity index (χ0n) is 10.4. The van der Waals surface area contributed by atoms with Crippen molar-refractivity contribution in [3.63, 3.8) is 0 Å². The van der Waals surface area contributed by atoms with E-state index in [-0.39, 0.29) is 6.04 Å². The van der Waals surface area contributed by atoms with Crippen LogP contribution in [0.25, 0.3) is 0 Å². The van der Waals surface area contributed by atoms with Crippen LogP contribution in [0.4, 0.5) is 0 Å². The maximum Gasteiger partial charge on any atom is 0.0820 e. The second-order valence-corrected chi connectivity index (χ2v) is 5.13. The fourth-order valence-corrected chi connectivity index (χ4v) is 2.42. The highest BCUT2D eigenvalue weighted by Gasteiger charge is 2.27. The Bertz CT molecular complexity index is 341. The summed E-state index contributed by atoms with van der Waals surface area (Å²) < 4.78 is 0. The molecule has 1 saturated heterocycles. The molecule has 1 aromatic rings. The highest BCUT2D eigenvalue weighted by Crippen LogP contribution is 2.18. The number of aliphatic hydroxyl groups is 1. The highest BCUT2D eigenvalue weighted by atomic mass is 16.3. The van der Waals surface area contributed by atoms with Crippen molar-refractivity contribution in [2.24, 2.45) is 11.7 Å². The van der Waals surface area contributed by atoms with Gasteiger partial charge in [0, 0.05) is 19.1 Å². The van der Waals surface area contributed by atoms with Crippen molar-refractivity contribution in [2.45, 2.75) is 32.0 Å². The summed E-state index contributed by atoms with van der Waals surface area (Å²) in [5.74, 6) is 0.394. The Hall–Kier alpha value is -0.900. The molecule has 0 amide bonds. The van der Waals surface area contributed by atoms with E-state index in [0.29, 0.717) is 12.5 Å². The minimum Gasteiger partial charge on any atom is -0.390 e. The van der Waals surface area contributed by atoms with E-state index in [1.54, 1.807) is 0 Å². The number of β-amino-alcohol motifs (C(OH)–C–C–N with tert-alkyl or cyclic N) is 1. The van der Waals surface area contributed by atoms with Gasteiger partial charge in [0.25, 0.3) is 0 Å². The minimum atomic E-state index is -0.406. The summed E-state index contributed by atoms with van der Waals surface area (Å²) in [6, 6.07) is 10.3. The molecule has 1 aliphatic rings. The predicted molar refractivity (Wildman–Crippen MR) is 69.5 cm³/mol. The molecule has 0 radical (unpaired) electrons. The summed E-state index contributed by atoms with van der Waals surface area (Å²) in [6.07, 6.45) is 0.654. The Morgan fingerprint density at radius 2 is 2.06 bits per heavy atom. The number of nitrogens with two attached hydrogens (primary N) is 1. The van der Waals surface area contributed by atoms with Crippen LogP contribution < -0.4 is 5.73 Å². The smallest absolute Gasteiger partial charge is 0.0820 e. The Balaban J connectivity index is 1.98. The molecule has 2 rings (SSSR count). The van der Waals surface area contributed by atoms with Gasteiger partial charge in [-0.25, -0.2) is 0 Å². The lowest BCUT2D eigenvalue weighted by Gasteiger charge is -2.23. The van der Waals surface area contributed by atoms with Gasteiger partial charge in [-0.2, -0.15) is 0 Å². The number of nitrogens with zero attached hydrogens (tertiary/aromatic N) is 1. The maximum atomic E-state index is 10.0. The number of rotatable bonds is 2. The quantitative estimate of drug-likeness (QED) is 0.809. The summed E-state index contributed by atoms with van der Waals surface area (Å²) in [5.41, 5.74) is 7.29. The van der Waals surface area contributed by atoms with Gasteiger partial charge in [-0.05, 0) is 24.4 Å². The van der Waals surface area contributed by atoms with Crippen molar-refractivity contribution >= 4 is 0 Å². The summed E-state index contributed by atoms with van der Waals surface area (Å²) in [5, 5.41) is 10.0. The van der Waals surface area contributed by atoms with E-state index in [2.05, 4.69) is 36.1 Å². The molecule has 0 aliphatic carbocycles. The normalized spacial score (nSPS) is 31.1. The standard InChI is InChI=1S/C14H22N2O/c1-11-7-8-16(10-13(17)14(11)15)9-12-5-3-2-4-6-12/h2-6,11,13-14,17H,7-10,15H2,1H3. The second-order valence-electron chi connectivity index (χ2n) is 5.13. The summed E-state index contributed by atoms with van der Waals surface area (Å²) in [6.45, 7) is 4.72. The molecule has 3 N–H and O–H groups in total. The monoisotopic (exact) mass is 234 g/mol. The van der Waals surface area contributed by atoms with E-state index >= 15 is 0 Å². The summed E-state index contributed by atoms with van der Waals surface area (Å²) >= 11 is 0. The number of benzene rings is 1. The lowest BCUT2D eigenvalue weighted by Crippen LogP contribution is -2.43. The van der Waals surface area contributed by atoms with Crippen molar-refractivity contribution in [3.8, 4) is 0 Å². The fourth-order valence-electron chi connectivity index (χ4n) is 2.42. The van der Waals surface area contributed by atoms with E-state index in [4.69, 9.17) is 5.73 Å². The third kappa shape index (κ3) is 3.28. The van der Waals surface area contributed by atoms with Crippen LogP contribution in [-0.4, -0.2) is 35.2 Å². The molecule has 3 nitrogen and oxygen atoms in total. The molecule has 3 atom stereocenters. The van der Waals surface area contributed by atoms with Gasteiger partial charge in [-0.15, -0.1) is 0 Å². The van der Waals surface area contributed by atoms with Gasteiger partial charge in [0.05, 0.1) is 6.10 Å². The van der Waals surface area contributed by atoms with Crippen LogP contribution in [0.15, 0.2) is 30.3 Å². The molecule has 0 saturated carbocycles. The number of hydrogen-bond acceptors (Lipinski definition) is 3. The van der Waals surface area contributed by atoms with E-state index in [0.717, 1.165) is 19.5 Å². The molecule has 3 unspecified atom stereocenters. The first-order valence-electron chi connectivity index (χ1n) is 6.36. The predicted octanol–water partition coefficient (Wildman–Crippen LogP) is 1.22. The van der Waals surface area contributed by atoms with E-state index in [9.17, 15) is 5.11 Å². The molecule has 1 aliphatic heterocycles. The maximum absolute atomic E-state index is 10.0. The lowest BCUT2D eigenvalue weighted by molar-refractivity contribution is 0.0964. The highest BCUT2D eigenvalue weighted by molar-refractivity contribution is 5.14. The average Bonchev–Trinajstić information content (AvgIpc) is 2.45. The van der Waals surface area contributed by atoms with Crippen LogP contribution in [0.3, 0.4) is 0 Å². The second kappa shape index (κ2) is 5.63. The number of likely N-dealkylation sites (tertiary alicyclic amines) is 1. The van der Waals surface area contributed by atoms with Crippen molar-refractivity contribution in [2.75, 3.05) is 13.1 Å². The van der Waals surface area contributed by atoms with Crippen LogP contribution >= 0.6 is 0 Å². The molecule has 0 bridgehead atoms. The van der Waals surface area contributed by atoms with Crippen LogP contribution in [0.1, 0.15) is 18.9 Å². The number of hydrogen-bond donors (Lipinski definition) is 2. The van der Waals surface area contributed by atoms with Gasteiger partial charge in [-0.3, -0.25) is 4.90 Å². The molecule has 1 heterocycles. The molecule has 94 valence electrons. The third-order valence-electron chi connectivity index (χ3n) is 3.70. The first-order chi connectivity index (χ1) is 8.16. The summed E-state index contributed by atoms with van der Waals surface area (Å²) in [4.78, 5) is 2.30. The summed E-state index contributed by atoms with van der Waals surface area (Å²) in [7, 11) is 0. The zero-order valence-corrected chi connectivity index (χ0v) is 10.4. The molecule has 0 aromatic heterocycles. The van der Waals surface area contributed by atoms with E-state index in [1.807, 2.05) is 6.07 Å². The Labute approximate surface area is 103 Å². The molecular formula is C14H22N2O. The molecule has 1 fully saturated rings. The first kappa shape index (κ1) is 12.6. The number of aliphatic hydroxyl groups excluding tert-OH is 1. The first-order valence-corrected chi connectivity index (χ1v) is 6.36. The Morgan fingerprint density at radius 3 is 2.76 bits per heavy atom. The van der Waals surface area contributed by atoms with Crippen molar-refractivity contribution < 1.29 is 5.11 Å².